The van der Waals surface area contributed by atoms with E-state index in [4.69, 9.17) is 4.98 Å². The summed E-state index contributed by atoms with van der Waals surface area (Å²) in [5.74, 6) is 0. The fraction of sp³-hybridized carbons (Fsp3) is 0.389. The second-order valence-electron chi connectivity index (χ2n) is 7.82. The molecule has 21 heavy (non-hydrogen) atoms. The van der Waals surface area contributed by atoms with Crippen molar-refractivity contribution < 1.29 is 0 Å². The molecule has 106 valence electrons. The third-order valence-electron chi connectivity index (χ3n) is 6.42. The maximum atomic E-state index is 4.75. The molecule has 1 heterocycles. The summed E-state index contributed by atoms with van der Waals surface area (Å²) in [5.41, 5.74) is 5.42. The van der Waals surface area contributed by atoms with Gasteiger partial charge < -0.3 is 0 Å². The molecule has 0 spiro atoms. The number of pyridine rings is 1. The Morgan fingerprint density at radius 1 is 0.857 bits per heavy atom. The molecule has 1 nitrogen and oxygen atoms in total. The molecule has 1 aliphatic carbocycles. The van der Waals surface area contributed by atoms with Crippen molar-refractivity contribution in [2.45, 2.75) is 38.3 Å². The zero-order chi connectivity index (χ0) is 15.5. The van der Waals surface area contributed by atoms with Crippen LogP contribution in [0.25, 0.3) is 11.3 Å². The fourth-order valence-electron chi connectivity index (χ4n) is 3.86. The summed E-state index contributed by atoms with van der Waals surface area (Å²) in [5, 5.41) is 0.226. The zero-order valence-corrected chi connectivity index (χ0v) is 14.0. The standard InChI is InChI=1S/C18H23B2N/c1-16(2)17(3,19)13-10-11-21-15(14(13)18(16,4)20)12-8-6-5-7-9-12/h5-11H,19-20H2,1-4H3. The van der Waals surface area contributed by atoms with Gasteiger partial charge in [-0.2, -0.15) is 0 Å². The van der Waals surface area contributed by atoms with Crippen molar-refractivity contribution in [1.29, 1.82) is 0 Å². The first-order valence-corrected chi connectivity index (χ1v) is 7.76. The quantitative estimate of drug-likeness (QED) is 0.729. The van der Waals surface area contributed by atoms with Gasteiger partial charge in [0.1, 0.15) is 15.7 Å². The van der Waals surface area contributed by atoms with E-state index in [-0.39, 0.29) is 16.0 Å². The molecule has 0 aliphatic heterocycles. The summed E-state index contributed by atoms with van der Waals surface area (Å²) in [7, 11) is 4.74. The van der Waals surface area contributed by atoms with E-state index in [1.165, 1.54) is 16.7 Å². The minimum absolute atomic E-state index is 0.0886. The lowest BCUT2D eigenvalue weighted by Gasteiger charge is -2.45. The lowest BCUT2D eigenvalue weighted by Crippen LogP contribution is -2.46. The molecule has 0 fully saturated rings. The fourth-order valence-corrected chi connectivity index (χ4v) is 3.86. The molecule has 0 amide bonds. The first kappa shape index (κ1) is 14.4. The Hall–Kier alpha value is -1.50. The molecule has 2 aromatic rings. The Labute approximate surface area is 130 Å². The minimum atomic E-state index is 0.0886. The van der Waals surface area contributed by atoms with Gasteiger partial charge in [-0.3, -0.25) is 4.98 Å². The normalized spacial score (nSPS) is 30.1. The number of rotatable bonds is 1. The highest BCUT2D eigenvalue weighted by atomic mass is 14.7. The van der Waals surface area contributed by atoms with Crippen LogP contribution in [0.4, 0.5) is 0 Å². The molecular formula is C18H23B2N. The van der Waals surface area contributed by atoms with Crippen molar-refractivity contribution >= 4 is 15.7 Å². The molecule has 0 radical (unpaired) electrons. The van der Waals surface area contributed by atoms with Crippen LogP contribution in [0, 0.1) is 5.41 Å². The highest BCUT2D eigenvalue weighted by Crippen LogP contribution is 2.60. The maximum absolute atomic E-state index is 4.75. The molecule has 2 unspecified atom stereocenters. The van der Waals surface area contributed by atoms with Crippen molar-refractivity contribution in [3.8, 4) is 11.3 Å². The molecule has 0 bridgehead atoms. The highest BCUT2D eigenvalue weighted by Gasteiger charge is 2.57. The van der Waals surface area contributed by atoms with Gasteiger partial charge in [0.15, 0.2) is 0 Å². The van der Waals surface area contributed by atoms with E-state index >= 15 is 0 Å². The van der Waals surface area contributed by atoms with E-state index in [2.05, 4.69) is 79.8 Å². The van der Waals surface area contributed by atoms with Crippen LogP contribution in [0.3, 0.4) is 0 Å². The molecule has 0 saturated heterocycles. The first-order valence-electron chi connectivity index (χ1n) is 7.76. The van der Waals surface area contributed by atoms with Gasteiger partial charge >= 0.3 is 0 Å². The van der Waals surface area contributed by atoms with Gasteiger partial charge in [-0.15, -0.1) is 0 Å². The third kappa shape index (κ3) is 1.70. The zero-order valence-electron chi connectivity index (χ0n) is 14.0. The average molecular weight is 275 g/mol. The summed E-state index contributed by atoms with van der Waals surface area (Å²) in [6.45, 7) is 9.52. The van der Waals surface area contributed by atoms with Gasteiger partial charge in [-0.25, -0.2) is 0 Å². The molecule has 1 aromatic heterocycles. The van der Waals surface area contributed by atoms with E-state index in [9.17, 15) is 0 Å². The van der Waals surface area contributed by atoms with Crippen molar-refractivity contribution in [1.82, 2.24) is 4.98 Å². The molecule has 3 heteroatoms. The third-order valence-corrected chi connectivity index (χ3v) is 6.42. The average Bonchev–Trinajstić information content (AvgIpc) is 2.56. The number of benzene rings is 1. The van der Waals surface area contributed by atoms with E-state index < -0.39 is 0 Å². The monoisotopic (exact) mass is 275 g/mol. The van der Waals surface area contributed by atoms with Crippen LogP contribution in [0.15, 0.2) is 42.6 Å². The summed E-state index contributed by atoms with van der Waals surface area (Å²) in [6, 6.07) is 12.8. The van der Waals surface area contributed by atoms with Gasteiger partial charge in [-0.1, -0.05) is 58.0 Å². The maximum Gasteiger partial charge on any atom is 0.115 e. The largest absolute Gasteiger partial charge is 0.256 e. The molecule has 1 aliphatic rings. The smallest absolute Gasteiger partial charge is 0.115 e. The van der Waals surface area contributed by atoms with Crippen LogP contribution in [-0.4, -0.2) is 20.7 Å². The summed E-state index contributed by atoms with van der Waals surface area (Å²) >= 11 is 0. The predicted molar refractivity (Wildman–Crippen MR) is 95.2 cm³/mol. The van der Waals surface area contributed by atoms with E-state index in [1.807, 2.05) is 6.20 Å². The van der Waals surface area contributed by atoms with E-state index in [0.717, 1.165) is 5.69 Å². The van der Waals surface area contributed by atoms with Crippen LogP contribution < -0.4 is 0 Å². The highest BCUT2D eigenvalue weighted by molar-refractivity contribution is 6.23. The molecular weight excluding hydrogens is 252 g/mol. The SMILES string of the molecule is BC1(C)c2ccnc(-c3ccccc3)c2C(B)(C)C1(C)C. The van der Waals surface area contributed by atoms with Gasteiger partial charge in [0.25, 0.3) is 0 Å². The molecule has 1 aromatic carbocycles. The number of hydrogen-bond donors (Lipinski definition) is 0. The minimum Gasteiger partial charge on any atom is -0.256 e. The lowest BCUT2D eigenvalue weighted by atomic mass is 9.45. The molecule has 0 saturated carbocycles. The van der Waals surface area contributed by atoms with Gasteiger partial charge in [0.2, 0.25) is 0 Å². The van der Waals surface area contributed by atoms with Crippen molar-refractivity contribution in [2.75, 3.05) is 0 Å². The van der Waals surface area contributed by atoms with Gasteiger partial charge in [-0.05, 0) is 33.2 Å². The number of hydrogen-bond acceptors (Lipinski definition) is 1. The Bertz CT molecular complexity index is 688. The molecule has 3 rings (SSSR count). The second kappa shape index (κ2) is 4.25. The Morgan fingerprint density at radius 2 is 1.48 bits per heavy atom. The van der Waals surface area contributed by atoms with Crippen LogP contribution in [0.1, 0.15) is 38.8 Å². The number of fused-ring (bicyclic) bond motifs is 1. The second-order valence-corrected chi connectivity index (χ2v) is 7.82. The lowest BCUT2D eigenvalue weighted by molar-refractivity contribution is 0.216. The van der Waals surface area contributed by atoms with E-state index in [1.54, 1.807) is 0 Å². The summed E-state index contributed by atoms with van der Waals surface area (Å²) < 4.78 is 0. The van der Waals surface area contributed by atoms with Crippen LogP contribution in [0.2, 0.25) is 0 Å². The first-order chi connectivity index (χ1) is 9.71. The molecule has 0 N–H and O–H groups in total. The van der Waals surface area contributed by atoms with E-state index in [0.29, 0.717) is 0 Å². The Morgan fingerprint density at radius 3 is 2.10 bits per heavy atom. The summed E-state index contributed by atoms with van der Waals surface area (Å²) in [4.78, 5) is 4.75. The van der Waals surface area contributed by atoms with Crippen LogP contribution in [-0.2, 0) is 10.6 Å². The van der Waals surface area contributed by atoms with Crippen LogP contribution in [0.5, 0.6) is 0 Å². The van der Waals surface area contributed by atoms with Crippen molar-refractivity contribution in [3.63, 3.8) is 0 Å². The number of nitrogens with zero attached hydrogens (tertiary/aromatic N) is 1. The van der Waals surface area contributed by atoms with Gasteiger partial charge in [0, 0.05) is 11.8 Å². The topological polar surface area (TPSA) is 12.9 Å². The Kier molecular flexibility index (Phi) is 2.92. The van der Waals surface area contributed by atoms with Crippen molar-refractivity contribution in [2.24, 2.45) is 5.41 Å². The van der Waals surface area contributed by atoms with Gasteiger partial charge in [0.05, 0.1) is 5.69 Å². The Balaban J connectivity index is 2.36. The van der Waals surface area contributed by atoms with Crippen LogP contribution >= 0.6 is 0 Å². The summed E-state index contributed by atoms with van der Waals surface area (Å²) in [6.07, 6.45) is 1.97. The predicted octanol–water partition coefficient (Wildman–Crippen LogP) is 2.49. The van der Waals surface area contributed by atoms with Crippen molar-refractivity contribution in [3.05, 3.63) is 53.7 Å². The number of aromatic nitrogens is 1. The molecule has 2 atom stereocenters.